The number of rotatable bonds is 7. The van der Waals surface area contributed by atoms with Gasteiger partial charge in [-0.15, -0.1) is 10.2 Å². The summed E-state index contributed by atoms with van der Waals surface area (Å²) in [7, 11) is 1.61. The number of benzene rings is 3. The fourth-order valence-corrected chi connectivity index (χ4v) is 5.05. The number of nitrogens with zero attached hydrogens (tertiary/aromatic N) is 4. The first-order valence-corrected chi connectivity index (χ1v) is 12.4. The Balaban J connectivity index is 1.51. The number of hydrogen-bond donors (Lipinski definition) is 1. The van der Waals surface area contributed by atoms with Crippen LogP contribution in [0.1, 0.15) is 18.1 Å². The van der Waals surface area contributed by atoms with Crippen LogP contribution in [0.5, 0.6) is 5.75 Å². The summed E-state index contributed by atoms with van der Waals surface area (Å²) >= 11 is 1.29. The maximum Gasteiger partial charge on any atom is 0.267 e. The quantitative estimate of drug-likeness (QED) is 0.339. The molecule has 1 unspecified atom stereocenters. The number of amides is 1. The van der Waals surface area contributed by atoms with Crippen molar-refractivity contribution >= 4 is 34.3 Å². The Kier molecular flexibility index (Phi) is 6.47. The standard InChI is InChI=1S/C27H25N5O3S/c1-17-10-4-7-13-21(17)31-25(34)20-12-6-8-14-22(20)32-26(31)29-30-27(32)36-18(2)24(33)28-16-19-11-5-9-15-23(19)35-3/h4-15,18H,16H2,1-3H3,(H,28,33). The van der Waals surface area contributed by atoms with Crippen LogP contribution in [0.3, 0.4) is 0 Å². The molecule has 3 aromatic carbocycles. The number of ether oxygens (including phenoxy) is 1. The molecule has 0 aliphatic rings. The summed E-state index contributed by atoms with van der Waals surface area (Å²) in [6.07, 6.45) is 0. The number of fused-ring (bicyclic) bond motifs is 3. The second-order valence-electron chi connectivity index (χ2n) is 8.35. The lowest BCUT2D eigenvalue weighted by Crippen LogP contribution is -2.30. The number of methoxy groups -OCH3 is 1. The molecule has 1 atom stereocenters. The minimum absolute atomic E-state index is 0.140. The third-order valence-corrected chi connectivity index (χ3v) is 7.09. The second kappa shape index (κ2) is 9.87. The number of nitrogens with one attached hydrogen (secondary N) is 1. The Bertz CT molecular complexity index is 1640. The van der Waals surface area contributed by atoms with Crippen molar-refractivity contribution in [2.24, 2.45) is 0 Å². The summed E-state index contributed by atoms with van der Waals surface area (Å²) in [6.45, 7) is 4.13. The van der Waals surface area contributed by atoms with Gasteiger partial charge in [-0.1, -0.05) is 60.3 Å². The smallest absolute Gasteiger partial charge is 0.267 e. The first-order chi connectivity index (χ1) is 17.5. The van der Waals surface area contributed by atoms with Crippen molar-refractivity contribution < 1.29 is 9.53 Å². The van der Waals surface area contributed by atoms with Crippen LogP contribution in [-0.2, 0) is 11.3 Å². The second-order valence-corrected chi connectivity index (χ2v) is 9.66. The monoisotopic (exact) mass is 499 g/mol. The van der Waals surface area contributed by atoms with E-state index in [0.29, 0.717) is 28.4 Å². The molecule has 2 heterocycles. The molecule has 0 saturated carbocycles. The van der Waals surface area contributed by atoms with Crippen molar-refractivity contribution in [3.8, 4) is 11.4 Å². The van der Waals surface area contributed by atoms with Crippen LogP contribution >= 0.6 is 11.8 Å². The van der Waals surface area contributed by atoms with Crippen LogP contribution in [0.15, 0.2) is 82.7 Å². The molecule has 0 radical (unpaired) electrons. The van der Waals surface area contributed by atoms with Crippen molar-refractivity contribution in [2.75, 3.05) is 7.11 Å². The third kappa shape index (κ3) is 4.22. The lowest BCUT2D eigenvalue weighted by molar-refractivity contribution is -0.120. The van der Waals surface area contributed by atoms with Gasteiger partial charge in [-0.2, -0.15) is 0 Å². The van der Waals surface area contributed by atoms with E-state index in [0.717, 1.165) is 22.6 Å². The predicted octanol–water partition coefficient (Wildman–Crippen LogP) is 4.15. The van der Waals surface area contributed by atoms with E-state index in [9.17, 15) is 9.59 Å². The van der Waals surface area contributed by atoms with Crippen LogP contribution in [0.25, 0.3) is 22.4 Å². The zero-order valence-electron chi connectivity index (χ0n) is 20.1. The molecule has 0 bridgehead atoms. The average Bonchev–Trinajstić information content (AvgIpc) is 3.31. The first kappa shape index (κ1) is 23.6. The van der Waals surface area contributed by atoms with Crippen LogP contribution in [0, 0.1) is 6.92 Å². The molecule has 5 rings (SSSR count). The summed E-state index contributed by atoms with van der Waals surface area (Å²) in [5, 5.41) is 12.4. The van der Waals surface area contributed by atoms with Gasteiger partial charge in [-0.05, 0) is 43.7 Å². The SMILES string of the molecule is COc1ccccc1CNC(=O)C(C)Sc1nnc2n(-c3ccccc3C)c(=O)c3ccccc3n12. The minimum Gasteiger partial charge on any atom is -0.496 e. The molecule has 0 spiro atoms. The van der Waals surface area contributed by atoms with E-state index < -0.39 is 5.25 Å². The Morgan fingerprint density at radius 1 is 1.03 bits per heavy atom. The molecule has 2 aromatic heterocycles. The third-order valence-electron chi connectivity index (χ3n) is 6.05. The molecular formula is C27H25N5O3S. The molecular weight excluding hydrogens is 474 g/mol. The summed E-state index contributed by atoms with van der Waals surface area (Å²) in [4.78, 5) is 26.5. The van der Waals surface area contributed by atoms with Gasteiger partial charge in [0.05, 0.1) is 29.0 Å². The van der Waals surface area contributed by atoms with E-state index >= 15 is 0 Å². The molecule has 0 saturated heterocycles. The fraction of sp³-hybridized carbons (Fsp3) is 0.185. The normalized spacial score (nSPS) is 12.1. The lowest BCUT2D eigenvalue weighted by Gasteiger charge is -2.15. The van der Waals surface area contributed by atoms with Crippen molar-refractivity contribution in [1.29, 1.82) is 0 Å². The molecule has 0 aliphatic carbocycles. The van der Waals surface area contributed by atoms with Crippen molar-refractivity contribution in [3.05, 3.63) is 94.3 Å². The average molecular weight is 500 g/mol. The number of carbonyl (C=O) groups is 1. The van der Waals surface area contributed by atoms with Crippen LogP contribution in [0.4, 0.5) is 0 Å². The topological polar surface area (TPSA) is 90.5 Å². The highest BCUT2D eigenvalue weighted by Gasteiger charge is 2.22. The van der Waals surface area contributed by atoms with E-state index in [2.05, 4.69) is 15.5 Å². The summed E-state index contributed by atoms with van der Waals surface area (Å²) < 4.78 is 8.80. The molecule has 182 valence electrons. The summed E-state index contributed by atoms with van der Waals surface area (Å²) in [5.74, 6) is 0.985. The Morgan fingerprint density at radius 2 is 1.75 bits per heavy atom. The molecule has 5 aromatic rings. The molecule has 1 N–H and O–H groups in total. The predicted molar refractivity (Wildman–Crippen MR) is 141 cm³/mol. The van der Waals surface area contributed by atoms with Gasteiger partial charge < -0.3 is 10.1 Å². The molecule has 8 nitrogen and oxygen atoms in total. The van der Waals surface area contributed by atoms with Crippen LogP contribution < -0.4 is 15.6 Å². The number of aromatic nitrogens is 4. The van der Waals surface area contributed by atoms with Gasteiger partial charge in [-0.25, -0.2) is 4.57 Å². The zero-order valence-corrected chi connectivity index (χ0v) is 21.0. The van der Waals surface area contributed by atoms with E-state index in [4.69, 9.17) is 4.74 Å². The summed E-state index contributed by atoms with van der Waals surface area (Å²) in [6, 6.07) is 22.6. The van der Waals surface area contributed by atoms with E-state index in [1.807, 2.05) is 85.0 Å². The molecule has 36 heavy (non-hydrogen) atoms. The minimum atomic E-state index is -0.454. The zero-order chi connectivity index (χ0) is 25.2. The molecule has 0 fully saturated rings. The van der Waals surface area contributed by atoms with E-state index in [1.54, 1.807) is 17.7 Å². The van der Waals surface area contributed by atoms with Gasteiger partial charge in [0.25, 0.3) is 5.56 Å². The largest absolute Gasteiger partial charge is 0.496 e. The highest BCUT2D eigenvalue weighted by atomic mass is 32.2. The maximum absolute atomic E-state index is 13.5. The number of hydrogen-bond acceptors (Lipinski definition) is 6. The van der Waals surface area contributed by atoms with E-state index in [-0.39, 0.29) is 11.5 Å². The van der Waals surface area contributed by atoms with Gasteiger partial charge in [0, 0.05) is 12.1 Å². The lowest BCUT2D eigenvalue weighted by atomic mass is 10.2. The highest BCUT2D eigenvalue weighted by Crippen LogP contribution is 2.27. The highest BCUT2D eigenvalue weighted by molar-refractivity contribution is 8.00. The number of thioether (sulfide) groups is 1. The van der Waals surface area contributed by atoms with Crippen molar-refractivity contribution in [1.82, 2.24) is 24.5 Å². The first-order valence-electron chi connectivity index (χ1n) is 11.5. The Morgan fingerprint density at radius 3 is 2.56 bits per heavy atom. The maximum atomic E-state index is 13.5. The molecule has 0 aliphatic heterocycles. The van der Waals surface area contributed by atoms with E-state index in [1.165, 1.54) is 11.8 Å². The van der Waals surface area contributed by atoms with Gasteiger partial charge in [0.2, 0.25) is 11.7 Å². The fourth-order valence-electron chi connectivity index (χ4n) is 4.17. The Labute approximate surface area is 211 Å². The molecule has 9 heteroatoms. The molecule has 1 amide bonds. The number of carbonyl (C=O) groups excluding carboxylic acids is 1. The van der Waals surface area contributed by atoms with Crippen molar-refractivity contribution in [2.45, 2.75) is 30.8 Å². The van der Waals surface area contributed by atoms with Crippen LogP contribution in [0.2, 0.25) is 0 Å². The number of aryl methyl sites for hydroxylation is 1. The van der Waals surface area contributed by atoms with Crippen LogP contribution in [-0.4, -0.2) is 37.4 Å². The Hall–Kier alpha value is -4.11. The van der Waals surface area contributed by atoms with Gasteiger partial charge in [-0.3, -0.25) is 14.0 Å². The van der Waals surface area contributed by atoms with Crippen molar-refractivity contribution in [3.63, 3.8) is 0 Å². The van der Waals surface area contributed by atoms with Gasteiger partial charge in [0.15, 0.2) is 5.16 Å². The number of para-hydroxylation sites is 3. The van der Waals surface area contributed by atoms with Gasteiger partial charge in [0.1, 0.15) is 5.75 Å². The van der Waals surface area contributed by atoms with Gasteiger partial charge >= 0.3 is 0 Å². The summed E-state index contributed by atoms with van der Waals surface area (Å²) in [5.41, 5.74) is 3.10.